The third kappa shape index (κ3) is 3.60. The molecule has 2 heteroatoms. The van der Waals surface area contributed by atoms with Crippen molar-refractivity contribution >= 4 is 7.85 Å². The molecule has 0 amide bonds. The Morgan fingerprint density at radius 3 is 2.50 bits per heavy atom. The second-order valence-electron chi connectivity index (χ2n) is 1.11. The maximum atomic E-state index is 5.04. The number of hydrogen-bond donors (Lipinski definition) is 1. The van der Waals surface area contributed by atoms with Gasteiger partial charge in [0.05, 0.1) is 0 Å². The molecule has 32 valence electrons. The zero-order valence-corrected chi connectivity index (χ0v) is 3.94. The molecule has 0 bridgehead atoms. The Kier molecular flexibility index (Phi) is 2.64. The topological polar surface area (TPSA) is 26.0 Å². The summed E-state index contributed by atoms with van der Waals surface area (Å²) in [6, 6.07) is 0. The maximum absolute atomic E-state index is 5.04. The summed E-state index contributed by atoms with van der Waals surface area (Å²) in [5.74, 6) is 0. The molecular weight excluding hydrogens is 72.9 g/mol. The lowest BCUT2D eigenvalue weighted by molar-refractivity contribution is 1.20. The molecule has 0 saturated carbocycles. The SMILES string of the molecule is [B]/C(N)=C/CC. The third-order valence-corrected chi connectivity index (χ3v) is 0.440. The van der Waals surface area contributed by atoms with E-state index < -0.39 is 0 Å². The van der Waals surface area contributed by atoms with E-state index in [1.54, 1.807) is 6.08 Å². The van der Waals surface area contributed by atoms with Crippen molar-refractivity contribution in [2.45, 2.75) is 13.3 Å². The minimum atomic E-state index is 0.414. The fourth-order valence-corrected chi connectivity index (χ4v) is 0.236. The van der Waals surface area contributed by atoms with E-state index in [2.05, 4.69) is 0 Å². The molecule has 0 aliphatic carbocycles. The molecular formula is C4H8BN. The van der Waals surface area contributed by atoms with Gasteiger partial charge in [-0.05, 0) is 12.0 Å². The molecule has 0 aliphatic rings. The summed E-state index contributed by atoms with van der Waals surface area (Å²) in [6.45, 7) is 1.99. The second-order valence-corrected chi connectivity index (χ2v) is 1.11. The Morgan fingerprint density at radius 1 is 2.00 bits per heavy atom. The van der Waals surface area contributed by atoms with Gasteiger partial charge in [0.2, 0.25) is 0 Å². The molecule has 0 aromatic rings. The van der Waals surface area contributed by atoms with Crippen molar-refractivity contribution < 1.29 is 0 Å². The van der Waals surface area contributed by atoms with Gasteiger partial charge in [-0.1, -0.05) is 13.0 Å². The van der Waals surface area contributed by atoms with E-state index in [1.165, 1.54) is 0 Å². The monoisotopic (exact) mass is 81.1 g/mol. The minimum absolute atomic E-state index is 0.414. The van der Waals surface area contributed by atoms with Gasteiger partial charge >= 0.3 is 0 Å². The van der Waals surface area contributed by atoms with Gasteiger partial charge in [-0.15, -0.1) is 0 Å². The van der Waals surface area contributed by atoms with E-state index in [1.807, 2.05) is 6.92 Å². The molecule has 1 nitrogen and oxygen atoms in total. The van der Waals surface area contributed by atoms with Crippen molar-refractivity contribution in [1.82, 2.24) is 0 Å². The number of hydrogen-bond acceptors (Lipinski definition) is 1. The highest BCUT2D eigenvalue weighted by Crippen LogP contribution is 1.77. The highest BCUT2D eigenvalue weighted by Gasteiger charge is 1.67. The molecule has 2 radical (unpaired) electrons. The molecule has 0 atom stereocenters. The summed E-state index contributed by atoms with van der Waals surface area (Å²) in [7, 11) is 5.04. The summed E-state index contributed by atoms with van der Waals surface area (Å²) in [6.07, 6.45) is 2.68. The first-order valence-corrected chi connectivity index (χ1v) is 1.98. The molecule has 0 spiro atoms. The highest BCUT2D eigenvalue weighted by atomic mass is 14.5. The molecule has 0 rings (SSSR count). The number of nitrogens with two attached hydrogens (primary N) is 1. The van der Waals surface area contributed by atoms with Crippen LogP contribution in [-0.4, -0.2) is 7.85 Å². The van der Waals surface area contributed by atoms with Gasteiger partial charge in [-0.2, -0.15) is 0 Å². The fourth-order valence-electron chi connectivity index (χ4n) is 0.236. The summed E-state index contributed by atoms with van der Waals surface area (Å²) >= 11 is 0. The van der Waals surface area contributed by atoms with Gasteiger partial charge in [0.25, 0.3) is 0 Å². The lowest BCUT2D eigenvalue weighted by Gasteiger charge is -1.82. The van der Waals surface area contributed by atoms with Crippen molar-refractivity contribution in [1.29, 1.82) is 0 Å². The molecule has 2 N–H and O–H groups in total. The van der Waals surface area contributed by atoms with Crippen LogP contribution in [0.1, 0.15) is 13.3 Å². The van der Waals surface area contributed by atoms with Crippen LogP contribution in [0, 0.1) is 0 Å². The molecule has 0 aromatic carbocycles. The minimum Gasteiger partial charge on any atom is -0.411 e. The summed E-state index contributed by atoms with van der Waals surface area (Å²) in [5, 5.41) is 0. The van der Waals surface area contributed by atoms with Crippen LogP contribution in [0.25, 0.3) is 0 Å². The first kappa shape index (κ1) is 5.60. The van der Waals surface area contributed by atoms with Crippen LogP contribution in [0.3, 0.4) is 0 Å². The van der Waals surface area contributed by atoms with Gasteiger partial charge in [0.1, 0.15) is 7.85 Å². The van der Waals surface area contributed by atoms with E-state index in [-0.39, 0.29) is 0 Å². The van der Waals surface area contributed by atoms with E-state index in [0.29, 0.717) is 5.60 Å². The molecule has 0 fully saturated rings. The molecule has 0 aromatic heterocycles. The van der Waals surface area contributed by atoms with E-state index in [4.69, 9.17) is 13.6 Å². The van der Waals surface area contributed by atoms with Crippen LogP contribution in [0.2, 0.25) is 0 Å². The third-order valence-electron chi connectivity index (χ3n) is 0.440. The lowest BCUT2D eigenvalue weighted by Crippen LogP contribution is -1.93. The standard InChI is InChI=1S/C4H8BN/c1-2-3-4(5)6/h3H,2,6H2,1H3/b4-3-. The molecule has 0 aliphatic heterocycles. The van der Waals surface area contributed by atoms with Crippen LogP contribution < -0.4 is 5.73 Å². The van der Waals surface area contributed by atoms with Gasteiger partial charge in [0.15, 0.2) is 0 Å². The largest absolute Gasteiger partial charge is 0.411 e. The van der Waals surface area contributed by atoms with E-state index in [9.17, 15) is 0 Å². The zero-order valence-electron chi connectivity index (χ0n) is 3.94. The van der Waals surface area contributed by atoms with Crippen LogP contribution >= 0.6 is 0 Å². The first-order chi connectivity index (χ1) is 2.77. The quantitative estimate of drug-likeness (QED) is 0.453. The maximum Gasteiger partial charge on any atom is 0.137 e. The molecule has 0 heterocycles. The predicted molar refractivity (Wildman–Crippen MR) is 28.3 cm³/mol. The van der Waals surface area contributed by atoms with E-state index in [0.717, 1.165) is 6.42 Å². The average Bonchev–Trinajstić information content (AvgIpc) is 1.35. The number of rotatable bonds is 1. The molecule has 0 saturated heterocycles. The van der Waals surface area contributed by atoms with Crippen LogP contribution in [-0.2, 0) is 0 Å². The van der Waals surface area contributed by atoms with Crippen molar-refractivity contribution in [2.24, 2.45) is 5.73 Å². The predicted octanol–water partition coefficient (Wildman–Crippen LogP) is 0.365. The van der Waals surface area contributed by atoms with Crippen LogP contribution in [0.4, 0.5) is 0 Å². The normalized spacial score (nSPS) is 11.8. The Morgan fingerprint density at radius 2 is 2.50 bits per heavy atom. The highest BCUT2D eigenvalue weighted by molar-refractivity contribution is 6.20. The van der Waals surface area contributed by atoms with Gasteiger partial charge in [-0.3, -0.25) is 0 Å². The zero-order chi connectivity index (χ0) is 4.99. The summed E-state index contributed by atoms with van der Waals surface area (Å²) in [5.41, 5.74) is 5.46. The summed E-state index contributed by atoms with van der Waals surface area (Å²) < 4.78 is 0. The fraction of sp³-hybridized carbons (Fsp3) is 0.500. The smallest absolute Gasteiger partial charge is 0.137 e. The first-order valence-electron chi connectivity index (χ1n) is 1.98. The Balaban J connectivity index is 3.14. The van der Waals surface area contributed by atoms with Gasteiger partial charge < -0.3 is 5.73 Å². The van der Waals surface area contributed by atoms with Gasteiger partial charge in [-0.25, -0.2) is 0 Å². The van der Waals surface area contributed by atoms with Gasteiger partial charge in [0, 0.05) is 0 Å². The van der Waals surface area contributed by atoms with Crippen molar-refractivity contribution in [3.63, 3.8) is 0 Å². The van der Waals surface area contributed by atoms with Crippen molar-refractivity contribution in [3.05, 3.63) is 11.7 Å². The van der Waals surface area contributed by atoms with Crippen molar-refractivity contribution in [3.8, 4) is 0 Å². The van der Waals surface area contributed by atoms with Crippen LogP contribution in [0.5, 0.6) is 0 Å². The summed E-state index contributed by atoms with van der Waals surface area (Å²) in [4.78, 5) is 0. The second kappa shape index (κ2) is 2.82. The Hall–Kier alpha value is -0.395. The molecule has 6 heavy (non-hydrogen) atoms. The van der Waals surface area contributed by atoms with Crippen LogP contribution in [0.15, 0.2) is 11.7 Å². The van der Waals surface area contributed by atoms with Crippen molar-refractivity contribution in [2.75, 3.05) is 0 Å². The van der Waals surface area contributed by atoms with E-state index >= 15 is 0 Å². The number of allylic oxidation sites excluding steroid dienone is 1. The average molecular weight is 80.9 g/mol. The lowest BCUT2D eigenvalue weighted by atomic mass is 10.1. The molecule has 0 unspecified atom stereocenters. The Labute approximate surface area is 39.6 Å². The Bertz CT molecular complexity index is 54.6.